The van der Waals surface area contributed by atoms with Crippen molar-refractivity contribution in [3.63, 3.8) is 0 Å². The maximum absolute atomic E-state index is 12.6. The summed E-state index contributed by atoms with van der Waals surface area (Å²) in [6.07, 6.45) is 2.61. The van der Waals surface area contributed by atoms with E-state index in [1.807, 2.05) is 33.0 Å². The summed E-state index contributed by atoms with van der Waals surface area (Å²) < 4.78 is 5.72. The molecule has 26 heavy (non-hydrogen) atoms. The van der Waals surface area contributed by atoms with Crippen molar-refractivity contribution in [2.45, 2.75) is 51.0 Å². The lowest BCUT2D eigenvalue weighted by Gasteiger charge is -2.25. The molecule has 3 rings (SSSR count). The van der Waals surface area contributed by atoms with Crippen molar-refractivity contribution < 1.29 is 9.53 Å². The molecule has 2 fully saturated rings. The molecule has 144 valence electrons. The van der Waals surface area contributed by atoms with E-state index in [1.165, 1.54) is 6.07 Å². The zero-order chi connectivity index (χ0) is 18.8. The minimum Gasteiger partial charge on any atom is -0.365 e. The molecule has 1 N–H and O–H groups in total. The first-order valence-electron chi connectivity index (χ1n) is 9.25. The van der Waals surface area contributed by atoms with E-state index < -0.39 is 0 Å². The molecule has 0 aliphatic carbocycles. The van der Waals surface area contributed by atoms with E-state index in [0.717, 1.165) is 31.5 Å². The second kappa shape index (κ2) is 7.75. The van der Waals surface area contributed by atoms with Gasteiger partial charge < -0.3 is 14.5 Å². The Hall–Kier alpha value is -1.93. The summed E-state index contributed by atoms with van der Waals surface area (Å²) >= 11 is 0. The molecule has 0 radical (unpaired) electrons. The number of nitrogens with one attached hydrogen (secondary N) is 1. The first-order valence-corrected chi connectivity index (χ1v) is 9.25. The maximum atomic E-state index is 12.6. The summed E-state index contributed by atoms with van der Waals surface area (Å²) in [5, 5.41) is 0. The molecule has 2 aliphatic heterocycles. The van der Waals surface area contributed by atoms with Gasteiger partial charge in [-0.3, -0.25) is 19.5 Å². The summed E-state index contributed by atoms with van der Waals surface area (Å²) in [6.45, 7) is 4.06. The van der Waals surface area contributed by atoms with Crippen LogP contribution in [-0.2, 0) is 16.1 Å². The molecule has 8 nitrogen and oxygen atoms in total. The van der Waals surface area contributed by atoms with E-state index >= 15 is 0 Å². The normalized spacial score (nSPS) is 25.9. The van der Waals surface area contributed by atoms with Crippen LogP contribution in [0.25, 0.3) is 0 Å². The fraction of sp³-hybridized carbons (Fsp3) is 0.722. The Kier molecular flexibility index (Phi) is 5.62. The molecule has 0 bridgehead atoms. The van der Waals surface area contributed by atoms with Crippen LogP contribution in [0.15, 0.2) is 10.9 Å². The first-order chi connectivity index (χ1) is 12.3. The fourth-order valence-corrected chi connectivity index (χ4v) is 3.66. The van der Waals surface area contributed by atoms with Gasteiger partial charge in [0.2, 0.25) is 5.95 Å². The fourth-order valence-electron chi connectivity index (χ4n) is 3.66. The summed E-state index contributed by atoms with van der Waals surface area (Å²) in [6, 6.07) is 1.80. The van der Waals surface area contributed by atoms with Gasteiger partial charge in [-0.05, 0) is 33.2 Å². The van der Waals surface area contributed by atoms with Crippen LogP contribution in [-0.4, -0.2) is 78.2 Å². The van der Waals surface area contributed by atoms with Gasteiger partial charge in [-0.1, -0.05) is 0 Å². The molecule has 1 amide bonds. The highest BCUT2D eigenvalue weighted by atomic mass is 16.5. The number of ether oxygens (including phenoxy) is 1. The molecular formula is C18H29N5O3. The number of hydrogen-bond donors (Lipinski definition) is 1. The zero-order valence-corrected chi connectivity index (χ0v) is 16.1. The van der Waals surface area contributed by atoms with Gasteiger partial charge >= 0.3 is 0 Å². The number of carbonyl (C=O) groups is 1. The largest absolute Gasteiger partial charge is 0.365 e. The lowest BCUT2D eigenvalue weighted by molar-refractivity contribution is -0.141. The molecule has 8 heteroatoms. The van der Waals surface area contributed by atoms with Gasteiger partial charge in [0.15, 0.2) is 0 Å². The second-order valence-electron chi connectivity index (χ2n) is 7.61. The number of nitrogens with zero attached hydrogens (tertiary/aromatic N) is 4. The lowest BCUT2D eigenvalue weighted by atomic mass is 10.2. The van der Waals surface area contributed by atoms with Crippen molar-refractivity contribution in [2.75, 3.05) is 39.1 Å². The Morgan fingerprint density at radius 3 is 2.77 bits per heavy atom. The van der Waals surface area contributed by atoms with Crippen LogP contribution >= 0.6 is 0 Å². The number of hydrogen-bond acceptors (Lipinski definition) is 6. The molecule has 3 heterocycles. The van der Waals surface area contributed by atoms with E-state index in [1.54, 1.807) is 4.90 Å². The monoisotopic (exact) mass is 363 g/mol. The summed E-state index contributed by atoms with van der Waals surface area (Å²) in [4.78, 5) is 37.5. The summed E-state index contributed by atoms with van der Waals surface area (Å²) in [5.41, 5.74) is 0.584. The molecule has 2 saturated heterocycles. The van der Waals surface area contributed by atoms with Crippen molar-refractivity contribution in [3.8, 4) is 0 Å². The number of amides is 1. The molecule has 3 atom stereocenters. The van der Waals surface area contributed by atoms with E-state index in [-0.39, 0.29) is 29.7 Å². The van der Waals surface area contributed by atoms with Crippen molar-refractivity contribution in [1.82, 2.24) is 19.8 Å². The van der Waals surface area contributed by atoms with Crippen LogP contribution in [0.3, 0.4) is 0 Å². The molecule has 0 aromatic carbocycles. The third kappa shape index (κ3) is 4.24. The van der Waals surface area contributed by atoms with E-state index in [4.69, 9.17) is 4.74 Å². The molecule has 0 spiro atoms. The number of rotatable bonds is 5. The zero-order valence-electron chi connectivity index (χ0n) is 16.1. The SMILES string of the molecule is C[C@@H]1CC[C@H](C(=O)N2CC[C@@H](N(C)Cc3cc(=O)[nH]c(N(C)C)n3)C2)O1. The third-order valence-electron chi connectivity index (χ3n) is 5.22. The molecular weight excluding hydrogens is 334 g/mol. The van der Waals surface area contributed by atoms with Gasteiger partial charge in [-0.2, -0.15) is 0 Å². The van der Waals surface area contributed by atoms with Crippen LogP contribution in [0, 0.1) is 0 Å². The van der Waals surface area contributed by atoms with Crippen molar-refractivity contribution in [2.24, 2.45) is 0 Å². The molecule has 0 unspecified atom stereocenters. The molecule has 2 aliphatic rings. The predicted octanol–water partition coefficient (Wildman–Crippen LogP) is 0.436. The van der Waals surface area contributed by atoms with Crippen molar-refractivity contribution in [1.29, 1.82) is 0 Å². The Balaban J connectivity index is 1.59. The van der Waals surface area contributed by atoms with Gasteiger partial charge in [0, 0.05) is 45.8 Å². The number of aromatic amines is 1. The number of H-pyrrole nitrogens is 1. The smallest absolute Gasteiger partial charge is 0.252 e. The van der Waals surface area contributed by atoms with E-state index in [0.29, 0.717) is 19.0 Å². The minimum absolute atomic E-state index is 0.120. The minimum atomic E-state index is -0.272. The average Bonchev–Trinajstić information content (AvgIpc) is 3.22. The predicted molar refractivity (Wildman–Crippen MR) is 99.2 cm³/mol. The average molecular weight is 363 g/mol. The summed E-state index contributed by atoms with van der Waals surface area (Å²) in [7, 11) is 5.71. The summed E-state index contributed by atoms with van der Waals surface area (Å²) in [5.74, 6) is 0.672. The van der Waals surface area contributed by atoms with Crippen LogP contribution in [0.4, 0.5) is 5.95 Å². The number of likely N-dealkylation sites (N-methyl/N-ethyl adjacent to an activating group) is 1. The lowest BCUT2D eigenvalue weighted by Crippen LogP contribution is -2.40. The number of likely N-dealkylation sites (tertiary alicyclic amines) is 1. The van der Waals surface area contributed by atoms with Gasteiger partial charge in [0.05, 0.1) is 11.8 Å². The second-order valence-corrected chi connectivity index (χ2v) is 7.61. The van der Waals surface area contributed by atoms with E-state index in [2.05, 4.69) is 14.9 Å². The molecule has 1 aromatic heterocycles. The van der Waals surface area contributed by atoms with Crippen LogP contribution in [0.5, 0.6) is 0 Å². The van der Waals surface area contributed by atoms with Crippen LogP contribution < -0.4 is 10.5 Å². The maximum Gasteiger partial charge on any atom is 0.252 e. The quantitative estimate of drug-likeness (QED) is 0.817. The van der Waals surface area contributed by atoms with Gasteiger partial charge in [0.25, 0.3) is 11.5 Å². The molecule has 0 saturated carbocycles. The van der Waals surface area contributed by atoms with Crippen molar-refractivity contribution in [3.05, 3.63) is 22.1 Å². The number of carbonyl (C=O) groups excluding carboxylic acids is 1. The first kappa shape index (κ1) is 18.8. The highest BCUT2D eigenvalue weighted by molar-refractivity contribution is 5.81. The highest BCUT2D eigenvalue weighted by Gasteiger charge is 2.36. The Morgan fingerprint density at radius 1 is 1.35 bits per heavy atom. The van der Waals surface area contributed by atoms with Crippen LogP contribution in [0.2, 0.25) is 0 Å². The Morgan fingerprint density at radius 2 is 2.12 bits per heavy atom. The third-order valence-corrected chi connectivity index (χ3v) is 5.22. The standard InChI is InChI=1S/C18H29N5O3/c1-12-5-6-15(26-12)17(25)23-8-7-14(11-23)22(4)10-13-9-16(24)20-18(19-13)21(2)3/h9,12,14-15H,5-8,10-11H2,1-4H3,(H,19,20,24)/t12-,14-,15-/m1/s1. The number of aromatic nitrogens is 2. The Labute approximate surface area is 154 Å². The van der Waals surface area contributed by atoms with Gasteiger partial charge in [-0.25, -0.2) is 4.98 Å². The van der Waals surface area contributed by atoms with Crippen LogP contribution in [0.1, 0.15) is 31.9 Å². The van der Waals surface area contributed by atoms with Crippen molar-refractivity contribution >= 4 is 11.9 Å². The highest BCUT2D eigenvalue weighted by Crippen LogP contribution is 2.24. The van der Waals surface area contributed by atoms with Gasteiger partial charge in [-0.15, -0.1) is 0 Å². The van der Waals surface area contributed by atoms with Gasteiger partial charge in [0.1, 0.15) is 6.10 Å². The number of anilines is 1. The van der Waals surface area contributed by atoms with E-state index in [9.17, 15) is 9.59 Å². The topological polar surface area (TPSA) is 81.8 Å². The Bertz CT molecular complexity index is 704. The molecule has 1 aromatic rings.